The lowest BCUT2D eigenvalue weighted by atomic mass is 9.94. The van der Waals surface area contributed by atoms with Crippen LogP contribution in [0.4, 0.5) is 0 Å². The Morgan fingerprint density at radius 1 is 0.283 bits per heavy atom. The monoisotopic (exact) mass is 674 g/mol. The molecule has 0 N–H and O–H groups in total. The molecule has 0 fully saturated rings. The molecule has 10 aromatic rings. The Kier molecular flexibility index (Phi) is 6.52. The molecule has 4 nitrogen and oxygen atoms in total. The summed E-state index contributed by atoms with van der Waals surface area (Å²) in [6.45, 7) is 0. The lowest BCUT2D eigenvalue weighted by Gasteiger charge is -2.14. The van der Waals surface area contributed by atoms with Gasteiger partial charge in [0.2, 0.25) is 0 Å². The summed E-state index contributed by atoms with van der Waals surface area (Å²) in [7, 11) is 0. The van der Waals surface area contributed by atoms with Gasteiger partial charge in [0.1, 0.15) is 0 Å². The lowest BCUT2D eigenvalue weighted by Crippen LogP contribution is -2.03. The van der Waals surface area contributed by atoms with Crippen LogP contribution in [0.2, 0.25) is 0 Å². The molecule has 0 amide bonds. The van der Waals surface area contributed by atoms with Crippen molar-refractivity contribution in [3.8, 4) is 73.2 Å². The maximum Gasteiger partial charge on any atom is 0.166 e. The first kappa shape index (κ1) is 29.5. The largest absolute Gasteiger partial charge is 0.309 e. The first-order valence-corrected chi connectivity index (χ1v) is 18.0. The first-order valence-electron chi connectivity index (χ1n) is 18.0. The zero-order valence-corrected chi connectivity index (χ0v) is 28.6. The van der Waals surface area contributed by atoms with Gasteiger partial charge < -0.3 is 4.57 Å². The topological polar surface area (TPSA) is 43.6 Å². The van der Waals surface area contributed by atoms with Gasteiger partial charge in [0.25, 0.3) is 0 Å². The van der Waals surface area contributed by atoms with Gasteiger partial charge in [-0.25, -0.2) is 15.0 Å². The number of aromatic nitrogens is 4. The molecule has 246 valence electrons. The Balaban J connectivity index is 1.06. The molecular weight excluding hydrogens is 645 g/mol. The van der Waals surface area contributed by atoms with Gasteiger partial charge in [-0.1, -0.05) is 158 Å². The van der Waals surface area contributed by atoms with Gasteiger partial charge in [-0.05, 0) is 68.4 Å². The Bertz CT molecular complexity index is 2970. The summed E-state index contributed by atoms with van der Waals surface area (Å²) in [5, 5.41) is 5.01. The summed E-state index contributed by atoms with van der Waals surface area (Å²) in [6.07, 6.45) is 0. The molecule has 53 heavy (non-hydrogen) atoms. The fraction of sp³-hybridized carbons (Fsp3) is 0. The van der Waals surface area contributed by atoms with Crippen LogP contribution in [0, 0.1) is 0 Å². The van der Waals surface area contributed by atoms with E-state index in [0.29, 0.717) is 17.5 Å². The van der Waals surface area contributed by atoms with Crippen LogP contribution >= 0.6 is 0 Å². The van der Waals surface area contributed by atoms with Crippen molar-refractivity contribution in [1.29, 1.82) is 0 Å². The number of hydrogen-bond acceptors (Lipinski definition) is 3. The average molecular weight is 675 g/mol. The molecule has 1 aliphatic carbocycles. The third-order valence-electron chi connectivity index (χ3n) is 10.6. The number of hydrogen-bond donors (Lipinski definition) is 0. The van der Waals surface area contributed by atoms with E-state index in [9.17, 15) is 0 Å². The van der Waals surface area contributed by atoms with Gasteiger partial charge >= 0.3 is 0 Å². The molecule has 8 aromatic carbocycles. The van der Waals surface area contributed by atoms with Crippen LogP contribution < -0.4 is 0 Å². The quantitative estimate of drug-likeness (QED) is 0.182. The number of benzene rings is 8. The van der Waals surface area contributed by atoms with E-state index in [0.717, 1.165) is 39.0 Å². The minimum absolute atomic E-state index is 0.627. The molecular formula is C49H30N4. The van der Waals surface area contributed by atoms with Crippen LogP contribution in [0.15, 0.2) is 182 Å². The van der Waals surface area contributed by atoms with Crippen molar-refractivity contribution in [3.05, 3.63) is 182 Å². The lowest BCUT2D eigenvalue weighted by molar-refractivity contribution is 1.06. The molecule has 2 heterocycles. The third kappa shape index (κ3) is 4.59. The van der Waals surface area contributed by atoms with Crippen molar-refractivity contribution in [2.24, 2.45) is 0 Å². The van der Waals surface area contributed by atoms with Crippen LogP contribution in [-0.4, -0.2) is 19.5 Å². The van der Waals surface area contributed by atoms with Crippen molar-refractivity contribution in [2.45, 2.75) is 0 Å². The smallest absolute Gasteiger partial charge is 0.166 e. The fourth-order valence-corrected chi connectivity index (χ4v) is 8.24. The first-order chi connectivity index (χ1) is 26.3. The van der Waals surface area contributed by atoms with Gasteiger partial charge in [-0.2, -0.15) is 0 Å². The number of rotatable bonds is 5. The van der Waals surface area contributed by atoms with E-state index in [1.807, 2.05) is 18.2 Å². The standard InChI is InChI=1S/C49H30N4/c1-2-13-32(14-3-1)47-50-48(33-27-25-31(26-28-33)34-29-30-41-36-16-5-4-15-35(36)40-21-12-20-39(34)46(40)41)52-49(51-47)42-19-8-11-24-45(42)53-43-22-9-6-17-37(43)38-18-7-10-23-44(38)53/h1-30H. The molecule has 1 aliphatic rings. The summed E-state index contributed by atoms with van der Waals surface area (Å²) in [4.78, 5) is 15.4. The second kappa shape index (κ2) is 11.7. The van der Waals surface area contributed by atoms with Crippen LogP contribution in [-0.2, 0) is 0 Å². The average Bonchev–Trinajstić information content (AvgIpc) is 3.75. The minimum Gasteiger partial charge on any atom is -0.309 e. The predicted molar refractivity (Wildman–Crippen MR) is 218 cm³/mol. The molecule has 0 radical (unpaired) electrons. The van der Waals surface area contributed by atoms with Gasteiger partial charge in [0.15, 0.2) is 17.5 Å². The highest BCUT2D eigenvalue weighted by Crippen LogP contribution is 2.49. The SMILES string of the molecule is c1ccc(-c2nc(-c3ccc(-c4ccc5c6c(cccc46)-c4ccccc4-5)cc3)nc(-c3ccccc3-n3c4ccccc4c4ccccc43)n2)cc1. The van der Waals surface area contributed by atoms with Crippen LogP contribution in [0.1, 0.15) is 0 Å². The highest BCUT2D eigenvalue weighted by Gasteiger charge is 2.23. The molecule has 2 aromatic heterocycles. The Labute approximate surface area is 306 Å². The zero-order chi connectivity index (χ0) is 34.9. The number of fused-ring (bicyclic) bond motifs is 6. The fourth-order valence-electron chi connectivity index (χ4n) is 8.24. The van der Waals surface area contributed by atoms with Crippen molar-refractivity contribution in [3.63, 3.8) is 0 Å². The van der Waals surface area contributed by atoms with E-state index in [1.165, 1.54) is 49.4 Å². The summed E-state index contributed by atoms with van der Waals surface area (Å²) in [5.74, 6) is 1.90. The molecule has 0 unspecified atom stereocenters. The van der Waals surface area contributed by atoms with E-state index in [4.69, 9.17) is 15.0 Å². The van der Waals surface area contributed by atoms with Crippen LogP contribution in [0.5, 0.6) is 0 Å². The van der Waals surface area contributed by atoms with Gasteiger partial charge in [-0.15, -0.1) is 0 Å². The van der Waals surface area contributed by atoms with E-state index >= 15 is 0 Å². The van der Waals surface area contributed by atoms with Gasteiger partial charge in [0.05, 0.1) is 16.7 Å². The summed E-state index contributed by atoms with van der Waals surface area (Å²) >= 11 is 0. The highest BCUT2D eigenvalue weighted by atomic mass is 15.1. The van der Waals surface area contributed by atoms with Gasteiger partial charge in [0, 0.05) is 27.5 Å². The van der Waals surface area contributed by atoms with Gasteiger partial charge in [-0.3, -0.25) is 0 Å². The van der Waals surface area contributed by atoms with Crippen molar-refractivity contribution in [1.82, 2.24) is 19.5 Å². The van der Waals surface area contributed by atoms with E-state index < -0.39 is 0 Å². The van der Waals surface area contributed by atoms with Crippen molar-refractivity contribution in [2.75, 3.05) is 0 Å². The zero-order valence-electron chi connectivity index (χ0n) is 28.6. The van der Waals surface area contributed by atoms with Crippen LogP contribution in [0.25, 0.3) is 106 Å². The molecule has 0 spiro atoms. The molecule has 0 bridgehead atoms. The highest BCUT2D eigenvalue weighted by molar-refractivity contribution is 6.18. The van der Waals surface area contributed by atoms with E-state index in [1.54, 1.807) is 0 Å². The Morgan fingerprint density at radius 2 is 0.755 bits per heavy atom. The summed E-state index contributed by atoms with van der Waals surface area (Å²) < 4.78 is 2.33. The molecule has 4 heteroatoms. The van der Waals surface area contributed by atoms with Crippen molar-refractivity contribution < 1.29 is 0 Å². The predicted octanol–water partition coefficient (Wildman–Crippen LogP) is 12.4. The van der Waals surface area contributed by atoms with E-state index in [-0.39, 0.29) is 0 Å². The van der Waals surface area contributed by atoms with E-state index in [2.05, 4.69) is 168 Å². The normalized spacial score (nSPS) is 11.8. The number of para-hydroxylation sites is 3. The minimum atomic E-state index is 0.627. The maximum absolute atomic E-state index is 5.20. The second-order valence-corrected chi connectivity index (χ2v) is 13.6. The molecule has 11 rings (SSSR count). The summed E-state index contributed by atoms with van der Waals surface area (Å²) in [5.41, 5.74) is 13.7. The van der Waals surface area contributed by atoms with Crippen LogP contribution in [0.3, 0.4) is 0 Å². The van der Waals surface area contributed by atoms with Crippen molar-refractivity contribution >= 4 is 32.6 Å². The Morgan fingerprint density at radius 3 is 1.45 bits per heavy atom. The summed E-state index contributed by atoms with van der Waals surface area (Å²) in [6, 6.07) is 64.3. The third-order valence-corrected chi connectivity index (χ3v) is 10.6. The second-order valence-electron chi connectivity index (χ2n) is 13.6. The molecule has 0 saturated heterocycles. The number of nitrogens with zero attached hydrogens (tertiary/aromatic N) is 4. The molecule has 0 saturated carbocycles. The molecule has 0 atom stereocenters. The molecule has 0 aliphatic heterocycles. The maximum atomic E-state index is 5.20. The Hall–Kier alpha value is -7.17.